The molecule has 0 aromatic rings. The topological polar surface area (TPSA) is 19.0 Å². The minimum atomic E-state index is 0.285. The molecule has 0 aromatic carbocycles. The molecule has 0 N–H and O–H groups in total. The molecule has 4 heteroatoms. The Bertz CT molecular complexity index is 316. The molecule has 21 heavy (non-hydrogen) atoms. The first kappa shape index (κ1) is 17.2. The maximum atomic E-state index is 5.49. The third-order valence-electron chi connectivity index (χ3n) is 5.58. The van der Waals surface area contributed by atoms with Gasteiger partial charge in [-0.05, 0) is 47.6 Å². The number of ether oxygens (including phenoxy) is 1. The van der Waals surface area contributed by atoms with Crippen LogP contribution in [0.25, 0.3) is 0 Å². The van der Waals surface area contributed by atoms with E-state index in [2.05, 4.69) is 49.4 Å². The SMILES string of the molecule is CN1CCN(C(C)(C)CCC(C)(C)N2CCOCC2)CC1. The molecule has 0 aromatic heterocycles. The summed E-state index contributed by atoms with van der Waals surface area (Å²) in [6.07, 6.45) is 2.52. The molecule has 0 amide bonds. The Morgan fingerprint density at radius 2 is 1.14 bits per heavy atom. The van der Waals surface area contributed by atoms with E-state index in [0.29, 0.717) is 5.54 Å². The molecule has 2 heterocycles. The Morgan fingerprint density at radius 3 is 1.62 bits per heavy atom. The minimum Gasteiger partial charge on any atom is -0.379 e. The zero-order valence-electron chi connectivity index (χ0n) is 14.8. The highest BCUT2D eigenvalue weighted by Crippen LogP contribution is 2.29. The fraction of sp³-hybridized carbons (Fsp3) is 1.00. The Balaban J connectivity index is 1.84. The van der Waals surface area contributed by atoms with Gasteiger partial charge in [0.05, 0.1) is 13.2 Å². The number of hydrogen-bond donors (Lipinski definition) is 0. The second kappa shape index (κ2) is 6.95. The molecule has 0 saturated carbocycles. The third kappa shape index (κ3) is 4.65. The van der Waals surface area contributed by atoms with Gasteiger partial charge in [-0.2, -0.15) is 0 Å². The maximum absolute atomic E-state index is 5.49. The van der Waals surface area contributed by atoms with Crippen LogP contribution in [0.1, 0.15) is 40.5 Å². The predicted octanol–water partition coefficient (Wildman–Crippen LogP) is 1.90. The van der Waals surface area contributed by atoms with Gasteiger partial charge in [-0.25, -0.2) is 0 Å². The van der Waals surface area contributed by atoms with Crippen LogP contribution in [0.5, 0.6) is 0 Å². The van der Waals surface area contributed by atoms with Crippen LogP contribution in [0.15, 0.2) is 0 Å². The van der Waals surface area contributed by atoms with Crippen LogP contribution in [0.4, 0.5) is 0 Å². The van der Waals surface area contributed by atoms with Crippen LogP contribution in [-0.4, -0.2) is 85.3 Å². The number of piperazine rings is 1. The van der Waals surface area contributed by atoms with E-state index in [4.69, 9.17) is 4.74 Å². The maximum Gasteiger partial charge on any atom is 0.0594 e. The first-order chi connectivity index (χ1) is 9.81. The van der Waals surface area contributed by atoms with E-state index in [1.165, 1.54) is 39.0 Å². The van der Waals surface area contributed by atoms with Gasteiger partial charge < -0.3 is 9.64 Å². The average Bonchev–Trinajstić information content (AvgIpc) is 2.47. The van der Waals surface area contributed by atoms with E-state index in [0.717, 1.165) is 26.3 Å². The van der Waals surface area contributed by atoms with Crippen molar-refractivity contribution in [1.29, 1.82) is 0 Å². The summed E-state index contributed by atoms with van der Waals surface area (Å²) in [5.41, 5.74) is 0.596. The highest BCUT2D eigenvalue weighted by molar-refractivity contribution is 4.90. The summed E-state index contributed by atoms with van der Waals surface area (Å²) in [5, 5.41) is 0. The van der Waals surface area contributed by atoms with Gasteiger partial charge in [-0.1, -0.05) is 0 Å². The summed E-state index contributed by atoms with van der Waals surface area (Å²) in [6.45, 7) is 18.4. The van der Waals surface area contributed by atoms with Gasteiger partial charge in [0.25, 0.3) is 0 Å². The lowest BCUT2D eigenvalue weighted by Crippen LogP contribution is -2.55. The van der Waals surface area contributed by atoms with Crippen molar-refractivity contribution < 1.29 is 4.74 Å². The highest BCUT2D eigenvalue weighted by Gasteiger charge is 2.34. The third-order valence-corrected chi connectivity index (χ3v) is 5.58. The fourth-order valence-electron chi connectivity index (χ4n) is 3.51. The van der Waals surface area contributed by atoms with Crippen molar-refractivity contribution in [2.24, 2.45) is 0 Å². The average molecular weight is 297 g/mol. The first-order valence-electron chi connectivity index (χ1n) is 8.58. The van der Waals surface area contributed by atoms with E-state index in [9.17, 15) is 0 Å². The molecule has 0 unspecified atom stereocenters. The van der Waals surface area contributed by atoms with Crippen molar-refractivity contribution in [3.8, 4) is 0 Å². The Hall–Kier alpha value is -0.160. The van der Waals surface area contributed by atoms with Crippen molar-refractivity contribution in [3.63, 3.8) is 0 Å². The van der Waals surface area contributed by atoms with E-state index in [1.807, 2.05) is 0 Å². The van der Waals surface area contributed by atoms with Crippen LogP contribution >= 0.6 is 0 Å². The second-order valence-corrected chi connectivity index (χ2v) is 8.01. The van der Waals surface area contributed by atoms with E-state index < -0.39 is 0 Å². The molecule has 0 bridgehead atoms. The van der Waals surface area contributed by atoms with Gasteiger partial charge >= 0.3 is 0 Å². The lowest BCUT2D eigenvalue weighted by molar-refractivity contribution is -0.0211. The minimum absolute atomic E-state index is 0.285. The highest BCUT2D eigenvalue weighted by atomic mass is 16.5. The van der Waals surface area contributed by atoms with Crippen molar-refractivity contribution in [3.05, 3.63) is 0 Å². The molecule has 2 saturated heterocycles. The summed E-state index contributed by atoms with van der Waals surface area (Å²) in [4.78, 5) is 7.73. The summed E-state index contributed by atoms with van der Waals surface area (Å²) in [5.74, 6) is 0. The van der Waals surface area contributed by atoms with Crippen LogP contribution in [0.2, 0.25) is 0 Å². The summed E-state index contributed by atoms with van der Waals surface area (Å²) in [7, 11) is 2.23. The molecule has 2 aliphatic heterocycles. The molecule has 4 nitrogen and oxygen atoms in total. The van der Waals surface area contributed by atoms with E-state index in [-0.39, 0.29) is 5.54 Å². The van der Waals surface area contributed by atoms with Gasteiger partial charge in [-0.3, -0.25) is 9.80 Å². The molecule has 2 rings (SSSR count). The largest absolute Gasteiger partial charge is 0.379 e. The van der Waals surface area contributed by atoms with Crippen LogP contribution in [0, 0.1) is 0 Å². The van der Waals surface area contributed by atoms with Crippen LogP contribution in [0.3, 0.4) is 0 Å². The number of hydrogen-bond acceptors (Lipinski definition) is 4. The van der Waals surface area contributed by atoms with Crippen molar-refractivity contribution in [2.45, 2.75) is 51.6 Å². The molecule has 0 radical (unpaired) electrons. The number of morpholine rings is 1. The summed E-state index contributed by atoms with van der Waals surface area (Å²) in [6, 6.07) is 0. The standard InChI is InChI=1S/C17H35N3O/c1-16(2,19-10-8-18(5)9-11-19)6-7-17(3,4)20-12-14-21-15-13-20/h6-15H2,1-5H3. The first-order valence-corrected chi connectivity index (χ1v) is 8.58. The molecule has 0 atom stereocenters. The van der Waals surface area contributed by atoms with Gasteiger partial charge in [0.15, 0.2) is 0 Å². The second-order valence-electron chi connectivity index (χ2n) is 8.01. The quantitative estimate of drug-likeness (QED) is 0.771. The van der Waals surface area contributed by atoms with Gasteiger partial charge in [0.2, 0.25) is 0 Å². The zero-order chi connectivity index (χ0) is 15.5. The molecule has 0 spiro atoms. The molecule has 124 valence electrons. The number of nitrogens with zero attached hydrogens (tertiary/aromatic N) is 3. The zero-order valence-corrected chi connectivity index (χ0v) is 14.8. The summed E-state index contributed by atoms with van der Waals surface area (Å²) >= 11 is 0. The van der Waals surface area contributed by atoms with Gasteiger partial charge in [-0.15, -0.1) is 0 Å². The molecular formula is C17H35N3O. The smallest absolute Gasteiger partial charge is 0.0594 e. The van der Waals surface area contributed by atoms with Crippen molar-refractivity contribution in [2.75, 3.05) is 59.5 Å². The Morgan fingerprint density at radius 1 is 0.714 bits per heavy atom. The normalized spacial score (nSPS) is 24.4. The van der Waals surface area contributed by atoms with Crippen molar-refractivity contribution >= 4 is 0 Å². The fourth-order valence-corrected chi connectivity index (χ4v) is 3.51. The predicted molar refractivity (Wildman–Crippen MR) is 88.9 cm³/mol. The molecule has 2 aliphatic rings. The lowest BCUT2D eigenvalue weighted by Gasteiger charge is -2.46. The Labute approximate surface area is 131 Å². The van der Waals surface area contributed by atoms with E-state index in [1.54, 1.807) is 0 Å². The molecule has 2 fully saturated rings. The van der Waals surface area contributed by atoms with Crippen LogP contribution in [-0.2, 0) is 4.74 Å². The molecule has 0 aliphatic carbocycles. The molecular weight excluding hydrogens is 262 g/mol. The monoisotopic (exact) mass is 297 g/mol. The van der Waals surface area contributed by atoms with Crippen molar-refractivity contribution in [1.82, 2.24) is 14.7 Å². The van der Waals surface area contributed by atoms with Crippen LogP contribution < -0.4 is 0 Å². The van der Waals surface area contributed by atoms with Gasteiger partial charge in [0.1, 0.15) is 0 Å². The number of likely N-dealkylation sites (N-methyl/N-ethyl adjacent to an activating group) is 1. The summed E-state index contributed by atoms with van der Waals surface area (Å²) < 4.78 is 5.49. The van der Waals surface area contributed by atoms with Gasteiger partial charge in [0, 0.05) is 50.3 Å². The lowest BCUT2D eigenvalue weighted by atomic mass is 9.86. The Kier molecular flexibility index (Phi) is 5.69. The van der Waals surface area contributed by atoms with E-state index >= 15 is 0 Å². The number of rotatable bonds is 5.